The van der Waals surface area contributed by atoms with E-state index in [0.717, 1.165) is 37.7 Å². The van der Waals surface area contributed by atoms with Gasteiger partial charge in [-0.2, -0.15) is 0 Å². The minimum atomic E-state index is -1.86. The molecule has 0 radical (unpaired) electrons. The number of carboxylic acids is 2. The molecule has 0 aromatic heterocycles. The van der Waals surface area contributed by atoms with Crippen LogP contribution >= 0.6 is 0 Å². The first-order valence-corrected chi connectivity index (χ1v) is 12.9. The number of hydrogen-bond donors (Lipinski definition) is 3. The molecule has 0 spiro atoms. The number of aliphatic hydroxyl groups excluding tert-OH is 1. The predicted octanol–water partition coefficient (Wildman–Crippen LogP) is 4.52. The highest BCUT2D eigenvalue weighted by Gasteiger charge is 2.33. The van der Waals surface area contributed by atoms with Gasteiger partial charge in [-0.15, -0.1) is 0 Å². The molecule has 3 N–H and O–H groups in total. The zero-order valence-electron chi connectivity index (χ0n) is 18.9. The second kappa shape index (κ2) is 14.6. The van der Waals surface area contributed by atoms with E-state index in [1.54, 1.807) is 12.1 Å². The van der Waals surface area contributed by atoms with Crippen molar-refractivity contribution in [2.45, 2.75) is 69.1 Å². The maximum atomic E-state index is 12.7. The van der Waals surface area contributed by atoms with E-state index in [9.17, 15) is 24.0 Å². The summed E-state index contributed by atoms with van der Waals surface area (Å²) in [6.07, 6.45) is 6.16. The number of carboxylic acid groups (broad SMARTS) is 2. The Morgan fingerprint density at radius 1 is 0.788 bits per heavy atom. The van der Waals surface area contributed by atoms with Crippen molar-refractivity contribution in [3.63, 3.8) is 0 Å². The van der Waals surface area contributed by atoms with Crippen molar-refractivity contribution in [3.05, 3.63) is 71.3 Å². The van der Waals surface area contributed by atoms with Gasteiger partial charge < -0.3 is 15.3 Å². The summed E-state index contributed by atoms with van der Waals surface area (Å²) < 4.78 is 12.7. The number of aliphatic hydroxyl groups is 1. The van der Waals surface area contributed by atoms with Gasteiger partial charge in [-0.05, 0) is 42.4 Å². The summed E-state index contributed by atoms with van der Waals surface area (Å²) in [5.74, 6) is -2.78. The van der Waals surface area contributed by atoms with Crippen molar-refractivity contribution in [3.8, 4) is 0 Å². The third kappa shape index (κ3) is 9.48. The highest BCUT2D eigenvalue weighted by molar-refractivity contribution is 7.85. The zero-order chi connectivity index (χ0) is 24.1. The monoisotopic (exact) mass is 474 g/mol. The first-order chi connectivity index (χ1) is 15.9. The van der Waals surface area contributed by atoms with Crippen molar-refractivity contribution in [2.75, 3.05) is 5.75 Å². The molecule has 7 heteroatoms. The lowest BCUT2D eigenvalue weighted by atomic mass is 9.96. The van der Waals surface area contributed by atoms with Gasteiger partial charge in [-0.1, -0.05) is 80.3 Å². The molecule has 2 aromatic carbocycles. The Balaban J connectivity index is 1.86. The maximum absolute atomic E-state index is 12.7. The molecular formula is C26H34O6S. The molecule has 1 unspecified atom stereocenters. The number of aryl methyl sites for hydroxylation is 2. The summed E-state index contributed by atoms with van der Waals surface area (Å²) in [7, 11) is -1.83. The van der Waals surface area contributed by atoms with Crippen molar-refractivity contribution in [2.24, 2.45) is 0 Å². The molecule has 0 bridgehead atoms. The van der Waals surface area contributed by atoms with Gasteiger partial charge in [0.25, 0.3) is 0 Å². The van der Waals surface area contributed by atoms with E-state index >= 15 is 0 Å². The summed E-state index contributed by atoms with van der Waals surface area (Å²) in [4.78, 5) is 22.3. The van der Waals surface area contributed by atoms with Gasteiger partial charge in [0.2, 0.25) is 0 Å². The number of carbonyl (C=O) groups is 2. The Morgan fingerprint density at radius 3 is 2.00 bits per heavy atom. The van der Waals surface area contributed by atoms with Gasteiger partial charge in [-0.25, -0.2) is 4.79 Å². The van der Waals surface area contributed by atoms with Crippen LogP contribution in [0.3, 0.4) is 0 Å². The van der Waals surface area contributed by atoms with E-state index in [1.807, 2.05) is 18.2 Å². The van der Waals surface area contributed by atoms with E-state index in [1.165, 1.54) is 18.4 Å². The zero-order valence-corrected chi connectivity index (χ0v) is 19.7. The Morgan fingerprint density at radius 2 is 1.36 bits per heavy atom. The summed E-state index contributed by atoms with van der Waals surface area (Å²) >= 11 is 0. The Hall–Kier alpha value is -2.51. The average molecular weight is 475 g/mol. The SMILES string of the molecule is O=C(O)CCS(=O)[C@H](c1ccccc1CCCCCCCCc1ccccc1)[C@@H](O)C(=O)O. The van der Waals surface area contributed by atoms with Crippen molar-refractivity contribution in [1.82, 2.24) is 0 Å². The van der Waals surface area contributed by atoms with Gasteiger partial charge in [-0.3, -0.25) is 9.00 Å². The smallest absolute Gasteiger partial charge is 0.334 e. The van der Waals surface area contributed by atoms with Gasteiger partial charge in [0, 0.05) is 16.6 Å². The molecule has 2 aromatic rings. The second-order valence-corrected chi connectivity index (χ2v) is 9.92. The Kier molecular flexibility index (Phi) is 11.8. The first kappa shape index (κ1) is 26.7. The fourth-order valence-corrected chi connectivity index (χ4v) is 5.48. The molecule has 6 nitrogen and oxygen atoms in total. The minimum Gasteiger partial charge on any atom is -0.481 e. The lowest BCUT2D eigenvalue weighted by Crippen LogP contribution is -2.32. The molecule has 0 saturated heterocycles. The van der Waals surface area contributed by atoms with Crippen LogP contribution in [0.5, 0.6) is 0 Å². The molecule has 3 atom stereocenters. The van der Waals surface area contributed by atoms with E-state index in [-0.39, 0.29) is 12.2 Å². The van der Waals surface area contributed by atoms with E-state index < -0.39 is 34.1 Å². The number of unbranched alkanes of at least 4 members (excludes halogenated alkanes) is 5. The van der Waals surface area contributed by atoms with Gasteiger partial charge in [0.1, 0.15) is 0 Å². The number of rotatable bonds is 16. The van der Waals surface area contributed by atoms with E-state index in [4.69, 9.17) is 5.11 Å². The fourth-order valence-electron chi connectivity index (χ4n) is 3.94. The van der Waals surface area contributed by atoms with E-state index in [2.05, 4.69) is 24.3 Å². The number of hydrogen-bond acceptors (Lipinski definition) is 4. The molecule has 2 rings (SSSR count). The van der Waals surface area contributed by atoms with Crippen LogP contribution in [0.1, 0.15) is 66.9 Å². The molecule has 0 aliphatic rings. The Bertz CT molecular complexity index is 899. The molecular weight excluding hydrogens is 440 g/mol. The average Bonchev–Trinajstić information content (AvgIpc) is 2.81. The molecule has 33 heavy (non-hydrogen) atoms. The molecule has 0 aliphatic carbocycles. The molecule has 0 aliphatic heterocycles. The summed E-state index contributed by atoms with van der Waals surface area (Å²) in [6, 6.07) is 17.6. The minimum absolute atomic E-state index is 0.207. The van der Waals surface area contributed by atoms with Gasteiger partial charge in [0.05, 0.1) is 11.7 Å². The largest absolute Gasteiger partial charge is 0.481 e. The molecule has 0 heterocycles. The lowest BCUT2D eigenvalue weighted by molar-refractivity contribution is -0.146. The first-order valence-electron chi connectivity index (χ1n) is 11.5. The van der Waals surface area contributed by atoms with Crippen LogP contribution < -0.4 is 0 Å². The third-order valence-electron chi connectivity index (χ3n) is 5.71. The summed E-state index contributed by atoms with van der Waals surface area (Å²) in [5.41, 5.74) is 2.75. The standard InChI is InChI=1S/C26H34O6S/c27-23(28)18-19-33(32)25(24(29)26(30)31)22-17-11-10-16-21(22)15-9-4-2-1-3-6-12-20-13-7-5-8-14-20/h5,7-8,10-11,13-14,16-17,24-25,29H,1-4,6,9,12,15,18-19H2,(H,27,28)(H,30,31)/t24-,25-,33?/m1/s1. The normalized spacial score (nSPS) is 13.8. The van der Waals surface area contributed by atoms with Gasteiger partial charge >= 0.3 is 11.9 Å². The topological polar surface area (TPSA) is 112 Å². The fraction of sp³-hybridized carbons (Fsp3) is 0.462. The predicted molar refractivity (Wildman–Crippen MR) is 130 cm³/mol. The van der Waals surface area contributed by atoms with Crippen LogP contribution in [-0.4, -0.2) is 43.3 Å². The molecule has 0 fully saturated rings. The van der Waals surface area contributed by atoms with Crippen molar-refractivity contribution >= 4 is 22.7 Å². The van der Waals surface area contributed by atoms with Crippen LogP contribution in [0.2, 0.25) is 0 Å². The van der Waals surface area contributed by atoms with Crippen LogP contribution in [-0.2, 0) is 33.2 Å². The van der Waals surface area contributed by atoms with Crippen LogP contribution in [0, 0.1) is 0 Å². The quantitative estimate of drug-likeness (QED) is 0.308. The van der Waals surface area contributed by atoms with Crippen molar-refractivity contribution in [1.29, 1.82) is 0 Å². The summed E-state index contributed by atoms with van der Waals surface area (Å²) in [5, 5.41) is 27.3. The van der Waals surface area contributed by atoms with Crippen molar-refractivity contribution < 1.29 is 29.1 Å². The molecule has 180 valence electrons. The number of aliphatic carboxylic acids is 2. The van der Waals surface area contributed by atoms with Crippen LogP contribution in [0.4, 0.5) is 0 Å². The highest BCUT2D eigenvalue weighted by Crippen LogP contribution is 2.29. The van der Waals surface area contributed by atoms with Crippen LogP contribution in [0.15, 0.2) is 54.6 Å². The summed E-state index contributed by atoms with van der Waals surface area (Å²) in [6.45, 7) is 0. The van der Waals surface area contributed by atoms with Gasteiger partial charge in [0.15, 0.2) is 6.10 Å². The molecule has 0 saturated carbocycles. The maximum Gasteiger partial charge on any atom is 0.334 e. The Labute approximate surface area is 198 Å². The van der Waals surface area contributed by atoms with Crippen LogP contribution in [0.25, 0.3) is 0 Å². The second-order valence-electron chi connectivity index (χ2n) is 8.24. The molecule has 0 amide bonds. The lowest BCUT2D eigenvalue weighted by Gasteiger charge is -2.22. The highest BCUT2D eigenvalue weighted by atomic mass is 32.2. The third-order valence-corrected chi connectivity index (χ3v) is 7.39. The number of benzene rings is 2. The van der Waals surface area contributed by atoms with E-state index in [0.29, 0.717) is 12.0 Å².